The smallest absolute Gasteiger partial charge is 0.277 e. The molecule has 6 heteroatoms. The molecule has 1 aliphatic rings. The summed E-state index contributed by atoms with van der Waals surface area (Å²) in [5.41, 5.74) is 0.734. The average Bonchev–Trinajstić information content (AvgIpc) is 2.33. The summed E-state index contributed by atoms with van der Waals surface area (Å²) in [6, 6.07) is 2.23. The van der Waals surface area contributed by atoms with E-state index < -0.39 is 0 Å². The first-order valence-electron chi connectivity index (χ1n) is 6.10. The van der Waals surface area contributed by atoms with Crippen LogP contribution in [-0.2, 0) is 0 Å². The highest BCUT2D eigenvalue weighted by Gasteiger charge is 2.25. The molecule has 2 heterocycles. The number of anilines is 1. The van der Waals surface area contributed by atoms with Crippen molar-refractivity contribution in [1.82, 2.24) is 10.3 Å². The molecule has 18 heavy (non-hydrogen) atoms. The summed E-state index contributed by atoms with van der Waals surface area (Å²) in [7, 11) is 0. The van der Waals surface area contributed by atoms with Crippen LogP contribution in [0.3, 0.4) is 0 Å². The molecule has 0 bridgehead atoms. The van der Waals surface area contributed by atoms with Gasteiger partial charge in [-0.25, -0.2) is 4.98 Å². The van der Waals surface area contributed by atoms with Crippen LogP contribution in [0.5, 0.6) is 0 Å². The van der Waals surface area contributed by atoms with Gasteiger partial charge in [-0.15, -0.1) is 0 Å². The Bertz CT molecular complexity index is 463. The number of hydrogen-bond donors (Lipinski definition) is 1. The molecule has 0 spiro atoms. The first-order chi connectivity index (χ1) is 8.49. The predicted molar refractivity (Wildman–Crippen MR) is 69.9 cm³/mol. The molecule has 0 saturated carbocycles. The number of aromatic nitrogens is 1. The lowest BCUT2D eigenvalue weighted by molar-refractivity contribution is -0.385. The molecule has 6 nitrogen and oxygen atoms in total. The molecule has 98 valence electrons. The SMILES string of the molecule is Cc1cnc(N2CC(C)NCC2C)cc1[N+](=O)[O-]. The number of piperazine rings is 1. The Labute approximate surface area is 106 Å². The van der Waals surface area contributed by atoms with Gasteiger partial charge in [-0.3, -0.25) is 10.1 Å². The molecule has 2 atom stereocenters. The third-order valence-corrected chi connectivity index (χ3v) is 3.32. The molecule has 1 aliphatic heterocycles. The van der Waals surface area contributed by atoms with Gasteiger partial charge in [0.25, 0.3) is 5.69 Å². The first-order valence-corrected chi connectivity index (χ1v) is 6.10. The highest BCUT2D eigenvalue weighted by Crippen LogP contribution is 2.24. The zero-order chi connectivity index (χ0) is 13.3. The number of aryl methyl sites for hydroxylation is 1. The van der Waals surface area contributed by atoms with Crippen molar-refractivity contribution in [2.75, 3.05) is 18.0 Å². The molecule has 0 amide bonds. The monoisotopic (exact) mass is 250 g/mol. The van der Waals surface area contributed by atoms with E-state index in [9.17, 15) is 10.1 Å². The zero-order valence-electron chi connectivity index (χ0n) is 10.9. The van der Waals surface area contributed by atoms with Gasteiger partial charge in [-0.2, -0.15) is 0 Å². The summed E-state index contributed by atoms with van der Waals surface area (Å²) in [4.78, 5) is 17.0. The minimum atomic E-state index is -0.350. The van der Waals surface area contributed by atoms with E-state index >= 15 is 0 Å². The van der Waals surface area contributed by atoms with Gasteiger partial charge < -0.3 is 10.2 Å². The number of nitrogens with zero attached hydrogens (tertiary/aromatic N) is 3. The van der Waals surface area contributed by atoms with E-state index in [4.69, 9.17) is 0 Å². The van der Waals surface area contributed by atoms with Gasteiger partial charge in [0.15, 0.2) is 0 Å². The van der Waals surface area contributed by atoms with Gasteiger partial charge in [0.2, 0.25) is 0 Å². The molecule has 2 rings (SSSR count). The van der Waals surface area contributed by atoms with Gasteiger partial charge >= 0.3 is 0 Å². The van der Waals surface area contributed by atoms with Crippen molar-refractivity contribution in [2.24, 2.45) is 0 Å². The Morgan fingerprint density at radius 1 is 1.56 bits per heavy atom. The molecule has 1 aromatic rings. The standard InChI is InChI=1S/C12H18N4O2/c1-8-5-14-12(4-11(8)16(17)18)15-7-9(2)13-6-10(15)3/h4-5,9-10,13H,6-7H2,1-3H3. The van der Waals surface area contributed by atoms with Crippen molar-refractivity contribution >= 4 is 11.5 Å². The minimum absolute atomic E-state index is 0.137. The van der Waals surface area contributed by atoms with E-state index in [0.717, 1.165) is 13.1 Å². The van der Waals surface area contributed by atoms with Crippen molar-refractivity contribution in [3.8, 4) is 0 Å². The van der Waals surface area contributed by atoms with Crippen LogP contribution in [0.25, 0.3) is 0 Å². The Balaban J connectivity index is 2.32. The van der Waals surface area contributed by atoms with E-state index in [1.54, 1.807) is 19.2 Å². The summed E-state index contributed by atoms with van der Waals surface area (Å²) in [6.07, 6.45) is 1.58. The molecule has 0 radical (unpaired) electrons. The summed E-state index contributed by atoms with van der Waals surface area (Å²) >= 11 is 0. The molecule has 0 aromatic carbocycles. The number of nitrogens with one attached hydrogen (secondary N) is 1. The quantitative estimate of drug-likeness (QED) is 0.636. The second kappa shape index (κ2) is 4.89. The maximum Gasteiger partial charge on any atom is 0.277 e. The lowest BCUT2D eigenvalue weighted by Crippen LogP contribution is -2.54. The molecular weight excluding hydrogens is 232 g/mol. The fraction of sp³-hybridized carbons (Fsp3) is 0.583. The maximum atomic E-state index is 10.9. The molecule has 0 aliphatic carbocycles. The van der Waals surface area contributed by atoms with Gasteiger partial charge in [-0.05, 0) is 20.8 Å². The largest absolute Gasteiger partial charge is 0.351 e. The molecule has 2 unspecified atom stereocenters. The molecule has 1 fully saturated rings. The Morgan fingerprint density at radius 3 is 2.94 bits per heavy atom. The van der Waals surface area contributed by atoms with Crippen LogP contribution in [0, 0.1) is 17.0 Å². The number of rotatable bonds is 2. The Kier molecular flexibility index (Phi) is 3.47. The van der Waals surface area contributed by atoms with Crippen LogP contribution in [0.15, 0.2) is 12.3 Å². The fourth-order valence-corrected chi connectivity index (χ4v) is 2.20. The third kappa shape index (κ3) is 2.43. The first kappa shape index (κ1) is 12.8. The van der Waals surface area contributed by atoms with E-state index in [1.807, 2.05) is 0 Å². The van der Waals surface area contributed by atoms with Crippen LogP contribution in [0.4, 0.5) is 11.5 Å². The Morgan fingerprint density at radius 2 is 2.28 bits per heavy atom. The molecular formula is C12H18N4O2. The van der Waals surface area contributed by atoms with Gasteiger partial charge in [-0.1, -0.05) is 0 Å². The minimum Gasteiger partial charge on any atom is -0.351 e. The van der Waals surface area contributed by atoms with Crippen LogP contribution in [0.1, 0.15) is 19.4 Å². The molecule has 1 N–H and O–H groups in total. The van der Waals surface area contributed by atoms with E-state index in [1.165, 1.54) is 0 Å². The summed E-state index contributed by atoms with van der Waals surface area (Å²) in [5.74, 6) is 0.688. The highest BCUT2D eigenvalue weighted by molar-refractivity contribution is 5.51. The predicted octanol–water partition coefficient (Wildman–Crippen LogP) is 1.48. The number of hydrogen-bond acceptors (Lipinski definition) is 5. The van der Waals surface area contributed by atoms with E-state index in [0.29, 0.717) is 17.4 Å². The lowest BCUT2D eigenvalue weighted by Gasteiger charge is -2.38. The van der Waals surface area contributed by atoms with Crippen molar-refractivity contribution in [1.29, 1.82) is 0 Å². The molecule has 1 saturated heterocycles. The van der Waals surface area contributed by atoms with Crippen LogP contribution < -0.4 is 10.2 Å². The summed E-state index contributed by atoms with van der Waals surface area (Å²) in [5, 5.41) is 14.3. The maximum absolute atomic E-state index is 10.9. The van der Waals surface area contributed by atoms with E-state index in [-0.39, 0.29) is 16.7 Å². The van der Waals surface area contributed by atoms with Crippen LogP contribution >= 0.6 is 0 Å². The second-order valence-electron chi connectivity index (χ2n) is 4.90. The number of pyridine rings is 1. The topological polar surface area (TPSA) is 71.3 Å². The summed E-state index contributed by atoms with van der Waals surface area (Å²) < 4.78 is 0. The fourth-order valence-electron chi connectivity index (χ4n) is 2.20. The van der Waals surface area contributed by atoms with E-state index in [2.05, 4.69) is 29.0 Å². The van der Waals surface area contributed by atoms with Crippen molar-refractivity contribution in [2.45, 2.75) is 32.9 Å². The van der Waals surface area contributed by atoms with Gasteiger partial charge in [0, 0.05) is 36.9 Å². The van der Waals surface area contributed by atoms with Crippen LogP contribution in [-0.4, -0.2) is 35.1 Å². The van der Waals surface area contributed by atoms with Gasteiger partial charge in [0.05, 0.1) is 11.0 Å². The second-order valence-corrected chi connectivity index (χ2v) is 4.90. The number of nitro groups is 1. The normalized spacial score (nSPS) is 24.1. The van der Waals surface area contributed by atoms with Crippen LogP contribution in [0.2, 0.25) is 0 Å². The van der Waals surface area contributed by atoms with Crippen molar-refractivity contribution < 1.29 is 4.92 Å². The van der Waals surface area contributed by atoms with Gasteiger partial charge in [0.1, 0.15) is 5.82 Å². The molecule has 1 aromatic heterocycles. The highest BCUT2D eigenvalue weighted by atomic mass is 16.6. The zero-order valence-corrected chi connectivity index (χ0v) is 10.9. The lowest BCUT2D eigenvalue weighted by atomic mass is 10.1. The van der Waals surface area contributed by atoms with Crippen molar-refractivity contribution in [3.63, 3.8) is 0 Å². The third-order valence-electron chi connectivity index (χ3n) is 3.32. The Hall–Kier alpha value is -1.69. The summed E-state index contributed by atoms with van der Waals surface area (Å²) in [6.45, 7) is 7.57. The average molecular weight is 250 g/mol. The van der Waals surface area contributed by atoms with Crippen molar-refractivity contribution in [3.05, 3.63) is 27.9 Å².